The largest absolute Gasteiger partial charge is 0.319 e. The van der Waals surface area contributed by atoms with E-state index in [-0.39, 0.29) is 6.42 Å². The van der Waals surface area contributed by atoms with Crippen molar-refractivity contribution in [1.29, 1.82) is 0 Å². The third-order valence-corrected chi connectivity index (χ3v) is 4.35. The fourth-order valence-corrected chi connectivity index (χ4v) is 3.29. The predicted molar refractivity (Wildman–Crippen MR) is 98.6 cm³/mol. The maximum atomic E-state index is 12.4. The van der Waals surface area contributed by atoms with Gasteiger partial charge in [-0.3, -0.25) is 9.59 Å². The number of amides is 1. The van der Waals surface area contributed by atoms with Crippen molar-refractivity contribution in [2.24, 2.45) is 0 Å². The van der Waals surface area contributed by atoms with Crippen LogP contribution in [0.25, 0.3) is 0 Å². The Morgan fingerprint density at radius 3 is 1.62 bits per heavy atom. The summed E-state index contributed by atoms with van der Waals surface area (Å²) in [5, 5.41) is 2.79. The molecule has 0 aromatic heterocycles. The Bertz CT molecular complexity index is 703. The second kappa shape index (κ2) is 7.00. The average molecular weight is 323 g/mol. The zero-order chi connectivity index (χ0) is 18.0. The molecule has 0 radical (unpaired) electrons. The number of carbonyl (C=O) groups is 2. The molecule has 0 spiro atoms. The summed E-state index contributed by atoms with van der Waals surface area (Å²) >= 11 is 0. The van der Waals surface area contributed by atoms with E-state index in [9.17, 15) is 9.59 Å². The zero-order valence-electron chi connectivity index (χ0n) is 15.3. The van der Waals surface area contributed by atoms with E-state index in [1.807, 2.05) is 65.8 Å². The Labute approximate surface area is 144 Å². The van der Waals surface area contributed by atoms with Crippen LogP contribution in [0.3, 0.4) is 0 Å². The van der Waals surface area contributed by atoms with E-state index in [1.165, 1.54) is 0 Å². The Balaban J connectivity index is 2.19. The number of hydrogen-bond acceptors (Lipinski definition) is 2. The summed E-state index contributed by atoms with van der Waals surface area (Å²) in [6.07, 6.45) is 0.133. The van der Waals surface area contributed by atoms with E-state index in [4.69, 9.17) is 0 Å². The molecule has 3 nitrogen and oxygen atoms in total. The number of rotatable bonds is 4. The molecule has 1 amide bonds. The van der Waals surface area contributed by atoms with Crippen molar-refractivity contribution < 1.29 is 9.59 Å². The van der Waals surface area contributed by atoms with Gasteiger partial charge in [0.2, 0.25) is 5.78 Å². The molecular weight excluding hydrogens is 298 g/mol. The standard InChI is InChI=1S/C21H25NO2/c1-12-7-14(3)18(15(4)8-12)11-19(23)21(24)22-20-16(5)9-13(2)10-17(20)6/h7-10H,11H2,1-6H3,(H,22,24). The topological polar surface area (TPSA) is 46.2 Å². The molecule has 2 aromatic carbocycles. The quantitative estimate of drug-likeness (QED) is 0.853. The molecular formula is C21H25NO2. The highest BCUT2D eigenvalue weighted by Gasteiger charge is 2.18. The number of aryl methyl sites for hydroxylation is 6. The third kappa shape index (κ3) is 3.91. The third-order valence-electron chi connectivity index (χ3n) is 4.35. The lowest BCUT2D eigenvalue weighted by molar-refractivity contribution is -0.134. The molecule has 0 fully saturated rings. The van der Waals surface area contributed by atoms with Crippen LogP contribution < -0.4 is 5.32 Å². The first-order chi connectivity index (χ1) is 11.2. The summed E-state index contributed by atoms with van der Waals surface area (Å²) < 4.78 is 0. The highest BCUT2D eigenvalue weighted by atomic mass is 16.2. The van der Waals surface area contributed by atoms with E-state index in [2.05, 4.69) is 5.32 Å². The first-order valence-electron chi connectivity index (χ1n) is 8.17. The van der Waals surface area contributed by atoms with Crippen molar-refractivity contribution in [3.63, 3.8) is 0 Å². The Morgan fingerprint density at radius 2 is 1.17 bits per heavy atom. The molecule has 0 aliphatic carbocycles. The molecule has 1 N–H and O–H groups in total. The van der Waals surface area contributed by atoms with Crippen molar-refractivity contribution in [1.82, 2.24) is 0 Å². The van der Waals surface area contributed by atoms with Gasteiger partial charge in [0.05, 0.1) is 0 Å². The summed E-state index contributed by atoms with van der Waals surface area (Å²) in [6, 6.07) is 8.09. The van der Waals surface area contributed by atoms with Crippen LogP contribution in [-0.4, -0.2) is 11.7 Å². The van der Waals surface area contributed by atoms with Crippen LogP contribution in [0.15, 0.2) is 24.3 Å². The number of anilines is 1. The van der Waals surface area contributed by atoms with Gasteiger partial charge < -0.3 is 5.32 Å². The number of benzene rings is 2. The van der Waals surface area contributed by atoms with Gasteiger partial charge in [-0.15, -0.1) is 0 Å². The lowest BCUT2D eigenvalue weighted by Gasteiger charge is -2.14. The van der Waals surface area contributed by atoms with Crippen molar-refractivity contribution in [3.05, 3.63) is 63.2 Å². The Kier molecular flexibility index (Phi) is 5.23. The van der Waals surface area contributed by atoms with Crippen LogP contribution in [0.1, 0.15) is 38.9 Å². The summed E-state index contributed by atoms with van der Waals surface area (Å²) in [6.45, 7) is 11.9. The van der Waals surface area contributed by atoms with Gasteiger partial charge in [-0.2, -0.15) is 0 Å². The van der Waals surface area contributed by atoms with E-state index >= 15 is 0 Å². The number of nitrogens with one attached hydrogen (secondary N) is 1. The Hall–Kier alpha value is -2.42. The number of Topliss-reactive ketones (excluding diaryl/α,β-unsaturated/α-hetero) is 1. The molecule has 0 aliphatic heterocycles. The van der Waals surface area contributed by atoms with Gasteiger partial charge in [-0.25, -0.2) is 0 Å². The average Bonchev–Trinajstić information content (AvgIpc) is 2.46. The first kappa shape index (κ1) is 17.9. The molecule has 0 unspecified atom stereocenters. The monoisotopic (exact) mass is 323 g/mol. The summed E-state index contributed by atoms with van der Waals surface area (Å²) in [4.78, 5) is 24.7. The van der Waals surface area contributed by atoms with E-state index in [0.717, 1.165) is 44.6 Å². The molecule has 0 saturated heterocycles. The van der Waals surface area contributed by atoms with Gasteiger partial charge in [0.15, 0.2) is 0 Å². The SMILES string of the molecule is Cc1cc(C)c(CC(=O)C(=O)Nc2c(C)cc(C)cc2C)c(C)c1. The van der Waals surface area contributed by atoms with Crippen molar-refractivity contribution in [3.8, 4) is 0 Å². The normalized spacial score (nSPS) is 10.6. The number of ketones is 1. The van der Waals surface area contributed by atoms with Gasteiger partial charge in [0, 0.05) is 12.1 Å². The number of carbonyl (C=O) groups excluding carboxylic acids is 2. The van der Waals surface area contributed by atoms with Gasteiger partial charge in [-0.1, -0.05) is 35.4 Å². The van der Waals surface area contributed by atoms with Crippen LogP contribution in [0, 0.1) is 41.5 Å². The maximum Gasteiger partial charge on any atom is 0.292 e. The molecule has 0 bridgehead atoms. The summed E-state index contributed by atoms with van der Waals surface area (Å²) in [7, 11) is 0. The summed E-state index contributed by atoms with van der Waals surface area (Å²) in [5.41, 5.74) is 8.02. The molecule has 2 rings (SSSR count). The van der Waals surface area contributed by atoms with Crippen LogP contribution in [0.2, 0.25) is 0 Å². The van der Waals surface area contributed by atoms with Gasteiger partial charge >= 0.3 is 0 Å². The minimum atomic E-state index is -0.551. The van der Waals surface area contributed by atoms with E-state index in [1.54, 1.807) is 0 Å². The lowest BCUT2D eigenvalue weighted by atomic mass is 9.95. The van der Waals surface area contributed by atoms with Crippen LogP contribution in [0.5, 0.6) is 0 Å². The maximum absolute atomic E-state index is 12.4. The fraction of sp³-hybridized carbons (Fsp3) is 0.333. The lowest BCUT2D eigenvalue weighted by Crippen LogP contribution is -2.26. The van der Waals surface area contributed by atoms with Gasteiger partial charge in [0.1, 0.15) is 0 Å². The Morgan fingerprint density at radius 1 is 0.750 bits per heavy atom. The fourth-order valence-electron chi connectivity index (χ4n) is 3.29. The van der Waals surface area contributed by atoms with Gasteiger partial charge in [0.25, 0.3) is 5.91 Å². The second-order valence-electron chi connectivity index (χ2n) is 6.71. The number of hydrogen-bond donors (Lipinski definition) is 1. The molecule has 0 aliphatic rings. The molecule has 3 heteroatoms. The molecule has 24 heavy (non-hydrogen) atoms. The highest BCUT2D eigenvalue weighted by Crippen LogP contribution is 2.22. The van der Waals surface area contributed by atoms with Crippen LogP contribution >= 0.6 is 0 Å². The van der Waals surface area contributed by atoms with Gasteiger partial charge in [-0.05, 0) is 69.4 Å². The molecule has 0 saturated carbocycles. The predicted octanol–water partition coefficient (Wildman–Crippen LogP) is 4.29. The first-order valence-corrected chi connectivity index (χ1v) is 8.17. The zero-order valence-corrected chi connectivity index (χ0v) is 15.3. The van der Waals surface area contributed by atoms with Crippen molar-refractivity contribution in [2.45, 2.75) is 48.0 Å². The second-order valence-corrected chi connectivity index (χ2v) is 6.71. The van der Waals surface area contributed by atoms with Crippen molar-refractivity contribution >= 4 is 17.4 Å². The highest BCUT2D eigenvalue weighted by molar-refractivity contribution is 6.41. The molecule has 0 atom stereocenters. The van der Waals surface area contributed by atoms with E-state index in [0.29, 0.717) is 0 Å². The smallest absolute Gasteiger partial charge is 0.292 e. The molecule has 126 valence electrons. The molecule has 0 heterocycles. The van der Waals surface area contributed by atoms with Crippen molar-refractivity contribution in [2.75, 3.05) is 5.32 Å². The van der Waals surface area contributed by atoms with Crippen LogP contribution in [-0.2, 0) is 16.0 Å². The minimum Gasteiger partial charge on any atom is -0.319 e. The summed E-state index contributed by atoms with van der Waals surface area (Å²) in [5.74, 6) is -0.964. The minimum absolute atomic E-state index is 0.133. The van der Waals surface area contributed by atoms with E-state index < -0.39 is 11.7 Å². The molecule has 2 aromatic rings. The van der Waals surface area contributed by atoms with Crippen LogP contribution in [0.4, 0.5) is 5.69 Å².